The first-order valence-electron chi connectivity index (χ1n) is 4.37. The van der Waals surface area contributed by atoms with Gasteiger partial charge in [0.25, 0.3) is 5.95 Å². The topological polar surface area (TPSA) is 18.5 Å². The largest absolute Gasteiger partial charge is 0.520 e. The summed E-state index contributed by atoms with van der Waals surface area (Å²) in [6.45, 7) is 12.3. The Morgan fingerprint density at radius 3 is 2.00 bits per heavy atom. The zero-order valence-corrected chi connectivity index (χ0v) is 9.97. The van der Waals surface area contributed by atoms with Crippen LogP contribution in [0.25, 0.3) is 0 Å². The molecule has 0 aliphatic rings. The molecule has 12 heavy (non-hydrogen) atoms. The smallest absolute Gasteiger partial charge is 0.260 e. The molecule has 72 valence electrons. The summed E-state index contributed by atoms with van der Waals surface area (Å²) >= 11 is 0. The van der Waals surface area contributed by atoms with Gasteiger partial charge in [-0.3, -0.25) is 0 Å². The summed E-state index contributed by atoms with van der Waals surface area (Å²) in [5.74, 6) is 0.671. The first-order chi connectivity index (χ1) is 5.35. The molecule has 0 atom stereocenters. The second kappa shape index (κ2) is 4.55. The average molecular weight is 188 g/mol. The van der Waals surface area contributed by atoms with Gasteiger partial charge in [-0.15, -0.1) is 0 Å². The summed E-state index contributed by atoms with van der Waals surface area (Å²) in [6, 6.07) is 0. The van der Waals surface area contributed by atoms with Crippen molar-refractivity contribution in [2.75, 3.05) is 0 Å². The summed E-state index contributed by atoms with van der Waals surface area (Å²) < 4.78 is 11.1. The fourth-order valence-electron chi connectivity index (χ4n) is 0.685. The molecular weight excluding hydrogens is 168 g/mol. The minimum atomic E-state index is -1.50. The highest BCUT2D eigenvalue weighted by Crippen LogP contribution is 2.12. The molecule has 0 bridgehead atoms. The van der Waals surface area contributed by atoms with Crippen LogP contribution < -0.4 is 0 Å². The number of hydrogen-bond acceptors (Lipinski definition) is 2. The minimum Gasteiger partial charge on any atom is -0.520 e. The Balaban J connectivity index is 4.03. The monoisotopic (exact) mass is 188 g/mol. The van der Waals surface area contributed by atoms with Crippen LogP contribution in [0, 0.1) is 0 Å². The lowest BCUT2D eigenvalue weighted by atomic mass is 10.5. The second-order valence-electron chi connectivity index (χ2n) is 3.99. The molecule has 0 aliphatic heterocycles. The molecule has 0 rings (SSSR count). The Hall–Kier alpha value is -0.443. The van der Waals surface area contributed by atoms with E-state index in [0.29, 0.717) is 5.95 Å². The molecule has 0 aromatic rings. The van der Waals surface area contributed by atoms with E-state index in [2.05, 4.69) is 19.6 Å². The molecule has 0 N–H and O–H groups in total. The molecule has 0 heterocycles. The predicted octanol–water partition coefficient (Wildman–Crippen LogP) is 3.12. The molecule has 3 heteroatoms. The van der Waals surface area contributed by atoms with E-state index in [1.54, 1.807) is 0 Å². The van der Waals surface area contributed by atoms with Gasteiger partial charge in [0.15, 0.2) is 0 Å². The van der Waals surface area contributed by atoms with Gasteiger partial charge in [-0.1, -0.05) is 0 Å². The summed E-state index contributed by atoms with van der Waals surface area (Å²) in [7, 11) is -1.50. The van der Waals surface area contributed by atoms with Crippen molar-refractivity contribution in [2.24, 2.45) is 0 Å². The van der Waals surface area contributed by atoms with Gasteiger partial charge in [-0.2, -0.15) is 0 Å². The van der Waals surface area contributed by atoms with E-state index in [9.17, 15) is 0 Å². The Kier molecular flexibility index (Phi) is 4.38. The highest BCUT2D eigenvalue weighted by molar-refractivity contribution is 6.69. The molecule has 0 aromatic heterocycles. The highest BCUT2D eigenvalue weighted by atomic mass is 28.4. The maximum atomic E-state index is 5.68. The quantitative estimate of drug-likeness (QED) is 0.498. The van der Waals surface area contributed by atoms with Crippen molar-refractivity contribution in [3.8, 4) is 0 Å². The molecule has 0 radical (unpaired) electrons. The van der Waals surface area contributed by atoms with Crippen LogP contribution in [0.4, 0.5) is 0 Å². The first kappa shape index (κ1) is 11.6. The van der Waals surface area contributed by atoms with Crippen LogP contribution in [-0.2, 0) is 9.16 Å². The molecule has 0 aromatic carbocycles. The van der Waals surface area contributed by atoms with Crippen LogP contribution in [0.2, 0.25) is 19.6 Å². The van der Waals surface area contributed by atoms with Gasteiger partial charge < -0.3 is 9.16 Å². The van der Waals surface area contributed by atoms with Crippen molar-refractivity contribution in [3.63, 3.8) is 0 Å². The van der Waals surface area contributed by atoms with Crippen LogP contribution in [0.5, 0.6) is 0 Å². The van der Waals surface area contributed by atoms with E-state index in [1.165, 1.54) is 0 Å². The Labute approximate surface area is 76.7 Å². The fourth-order valence-corrected chi connectivity index (χ4v) is 1.45. The Bertz CT molecular complexity index is 156. The van der Waals surface area contributed by atoms with Gasteiger partial charge in [0.05, 0.1) is 6.10 Å². The Morgan fingerprint density at radius 2 is 1.75 bits per heavy atom. The van der Waals surface area contributed by atoms with Gasteiger partial charge in [0.1, 0.15) is 0 Å². The number of ether oxygens (including phenoxy) is 1. The van der Waals surface area contributed by atoms with Crippen molar-refractivity contribution >= 4 is 8.32 Å². The highest BCUT2D eigenvalue weighted by Gasteiger charge is 2.18. The molecule has 0 fully saturated rings. The van der Waals surface area contributed by atoms with E-state index in [-0.39, 0.29) is 6.10 Å². The maximum absolute atomic E-state index is 5.68. The second-order valence-corrected chi connectivity index (χ2v) is 8.42. The third-order valence-corrected chi connectivity index (χ3v) is 1.81. The lowest BCUT2D eigenvalue weighted by Crippen LogP contribution is -2.26. The SMILES string of the molecule is C/C=C(\OC(C)C)O[Si](C)(C)C. The molecule has 0 unspecified atom stereocenters. The summed E-state index contributed by atoms with van der Waals surface area (Å²) in [6.07, 6.45) is 2.06. The zero-order valence-electron chi connectivity index (χ0n) is 8.97. The van der Waals surface area contributed by atoms with Crippen molar-refractivity contribution in [1.29, 1.82) is 0 Å². The van der Waals surface area contributed by atoms with Crippen molar-refractivity contribution in [3.05, 3.63) is 12.0 Å². The van der Waals surface area contributed by atoms with Gasteiger partial charge >= 0.3 is 0 Å². The average Bonchev–Trinajstić information content (AvgIpc) is 1.82. The zero-order chi connectivity index (χ0) is 9.78. The number of allylic oxidation sites excluding steroid dienone is 1. The lowest BCUT2D eigenvalue weighted by molar-refractivity contribution is 0.0596. The molecule has 0 spiro atoms. The van der Waals surface area contributed by atoms with Gasteiger partial charge in [-0.05, 0) is 46.5 Å². The fraction of sp³-hybridized carbons (Fsp3) is 0.778. The van der Waals surface area contributed by atoms with Gasteiger partial charge in [-0.25, -0.2) is 0 Å². The summed E-state index contributed by atoms with van der Waals surface area (Å²) in [5, 5.41) is 0. The molecule has 0 amide bonds. The minimum absolute atomic E-state index is 0.188. The first-order valence-corrected chi connectivity index (χ1v) is 7.78. The van der Waals surface area contributed by atoms with Gasteiger partial charge in [0, 0.05) is 0 Å². The summed E-state index contributed by atoms with van der Waals surface area (Å²) in [5.41, 5.74) is 0. The van der Waals surface area contributed by atoms with Crippen LogP contribution >= 0.6 is 0 Å². The molecule has 0 saturated carbocycles. The van der Waals surface area contributed by atoms with Crippen molar-refractivity contribution in [2.45, 2.75) is 46.5 Å². The van der Waals surface area contributed by atoms with E-state index in [1.807, 2.05) is 26.8 Å². The van der Waals surface area contributed by atoms with Gasteiger partial charge in [0.2, 0.25) is 8.32 Å². The maximum Gasteiger partial charge on any atom is 0.260 e. The summed E-state index contributed by atoms with van der Waals surface area (Å²) in [4.78, 5) is 0. The third-order valence-electron chi connectivity index (χ3n) is 0.994. The van der Waals surface area contributed by atoms with Crippen molar-refractivity contribution < 1.29 is 9.16 Å². The molecular formula is C9H20O2Si. The predicted molar refractivity (Wildman–Crippen MR) is 54.4 cm³/mol. The molecule has 2 nitrogen and oxygen atoms in total. The Morgan fingerprint density at radius 1 is 1.25 bits per heavy atom. The van der Waals surface area contributed by atoms with E-state index in [4.69, 9.17) is 9.16 Å². The third kappa shape index (κ3) is 6.28. The lowest BCUT2D eigenvalue weighted by Gasteiger charge is -2.22. The number of rotatable bonds is 4. The van der Waals surface area contributed by atoms with Crippen LogP contribution in [0.1, 0.15) is 20.8 Å². The normalized spacial score (nSPS) is 13.4. The van der Waals surface area contributed by atoms with E-state index in [0.717, 1.165) is 0 Å². The molecule has 0 aliphatic carbocycles. The van der Waals surface area contributed by atoms with Crippen LogP contribution in [0.15, 0.2) is 12.0 Å². The van der Waals surface area contributed by atoms with E-state index >= 15 is 0 Å². The van der Waals surface area contributed by atoms with Crippen LogP contribution in [-0.4, -0.2) is 14.4 Å². The number of hydrogen-bond donors (Lipinski definition) is 0. The molecule has 0 saturated heterocycles. The standard InChI is InChI=1S/C9H20O2Si/c1-7-9(10-8(2)3)11-12(4,5)6/h7-8H,1-6H3/b9-7+. The van der Waals surface area contributed by atoms with Crippen LogP contribution in [0.3, 0.4) is 0 Å². The van der Waals surface area contributed by atoms with E-state index < -0.39 is 8.32 Å². The van der Waals surface area contributed by atoms with Crippen molar-refractivity contribution in [1.82, 2.24) is 0 Å².